The van der Waals surface area contributed by atoms with Crippen LogP contribution in [-0.4, -0.2) is 18.1 Å². The molecule has 0 bridgehead atoms. The summed E-state index contributed by atoms with van der Waals surface area (Å²) in [6.07, 6.45) is 1.09. The van der Waals surface area contributed by atoms with Crippen LogP contribution >= 0.6 is 0 Å². The summed E-state index contributed by atoms with van der Waals surface area (Å²) in [5, 5.41) is 6.73. The van der Waals surface area contributed by atoms with Gasteiger partial charge in [-0.25, -0.2) is 4.98 Å². The number of benzene rings is 1. The van der Waals surface area contributed by atoms with Crippen molar-refractivity contribution in [2.24, 2.45) is 0 Å². The highest BCUT2D eigenvalue weighted by atomic mass is 16.5. The van der Waals surface area contributed by atoms with Crippen molar-refractivity contribution in [2.75, 3.05) is 23.8 Å². The highest BCUT2D eigenvalue weighted by Gasteiger charge is 2.23. The predicted octanol–water partition coefficient (Wildman–Crippen LogP) is 3.45. The number of nitrogens with zero attached hydrogens (tertiary/aromatic N) is 1. The third kappa shape index (κ3) is 2.69. The van der Waals surface area contributed by atoms with E-state index in [2.05, 4.69) is 28.6 Å². The lowest BCUT2D eigenvalue weighted by Gasteiger charge is -2.13. The summed E-state index contributed by atoms with van der Waals surface area (Å²) in [5.74, 6) is 2.74. The molecule has 0 saturated heterocycles. The van der Waals surface area contributed by atoms with Crippen molar-refractivity contribution in [1.29, 1.82) is 0 Å². The Labute approximate surface area is 119 Å². The molecule has 104 valence electrons. The summed E-state index contributed by atoms with van der Waals surface area (Å²) >= 11 is 0. The first kappa shape index (κ1) is 12.8. The van der Waals surface area contributed by atoms with Crippen molar-refractivity contribution in [2.45, 2.75) is 19.4 Å². The van der Waals surface area contributed by atoms with Crippen LogP contribution in [-0.2, 0) is 0 Å². The molecular formula is C16H19N3O. The van der Waals surface area contributed by atoms with Crippen molar-refractivity contribution >= 4 is 11.6 Å². The Hall–Kier alpha value is -2.23. The summed E-state index contributed by atoms with van der Waals surface area (Å²) in [6.45, 7) is 3.72. The Morgan fingerprint density at radius 3 is 2.90 bits per heavy atom. The minimum atomic E-state index is 0.167. The Kier molecular flexibility index (Phi) is 3.72. The van der Waals surface area contributed by atoms with E-state index in [0.717, 1.165) is 30.4 Å². The number of ether oxygens (including phenoxy) is 1. The van der Waals surface area contributed by atoms with E-state index < -0.39 is 0 Å². The first-order valence-corrected chi connectivity index (χ1v) is 7.06. The van der Waals surface area contributed by atoms with E-state index in [1.54, 1.807) is 0 Å². The van der Waals surface area contributed by atoms with Gasteiger partial charge < -0.3 is 15.4 Å². The van der Waals surface area contributed by atoms with Crippen LogP contribution in [0.1, 0.15) is 24.9 Å². The maximum Gasteiger partial charge on any atom is 0.128 e. The van der Waals surface area contributed by atoms with Crippen molar-refractivity contribution in [3.63, 3.8) is 0 Å². The number of hydrogen-bond donors (Lipinski definition) is 2. The zero-order valence-electron chi connectivity index (χ0n) is 11.6. The van der Waals surface area contributed by atoms with Crippen LogP contribution in [0.5, 0.6) is 5.75 Å². The fraction of sp³-hybridized carbons (Fsp3) is 0.312. The van der Waals surface area contributed by atoms with Gasteiger partial charge in [-0.15, -0.1) is 0 Å². The summed E-state index contributed by atoms with van der Waals surface area (Å²) in [5.41, 5.74) is 1.20. The molecule has 0 radical (unpaired) electrons. The van der Waals surface area contributed by atoms with E-state index in [1.165, 1.54) is 5.56 Å². The van der Waals surface area contributed by atoms with E-state index in [1.807, 2.05) is 36.4 Å². The van der Waals surface area contributed by atoms with Crippen LogP contribution in [0.25, 0.3) is 0 Å². The summed E-state index contributed by atoms with van der Waals surface area (Å²) in [6, 6.07) is 14.3. The van der Waals surface area contributed by atoms with Gasteiger partial charge in [-0.05, 0) is 24.6 Å². The first-order valence-electron chi connectivity index (χ1n) is 7.06. The average molecular weight is 269 g/mol. The second-order valence-electron chi connectivity index (χ2n) is 4.88. The zero-order valence-corrected chi connectivity index (χ0v) is 11.6. The molecular weight excluding hydrogens is 250 g/mol. The Morgan fingerprint density at radius 2 is 2.00 bits per heavy atom. The van der Waals surface area contributed by atoms with Crippen molar-refractivity contribution in [1.82, 2.24) is 4.98 Å². The molecule has 0 amide bonds. The number of nitrogens with one attached hydrogen (secondary N) is 2. The predicted molar refractivity (Wildman–Crippen MR) is 81.3 cm³/mol. The Balaban J connectivity index is 1.72. The third-order valence-electron chi connectivity index (χ3n) is 3.33. The number of rotatable bonds is 5. The lowest BCUT2D eigenvalue weighted by Crippen LogP contribution is -2.13. The molecule has 4 heteroatoms. The number of fused-ring (bicyclic) bond motifs is 1. The number of para-hydroxylation sites is 1. The van der Waals surface area contributed by atoms with Gasteiger partial charge in [0.25, 0.3) is 0 Å². The van der Waals surface area contributed by atoms with Gasteiger partial charge in [0.2, 0.25) is 0 Å². The topological polar surface area (TPSA) is 46.2 Å². The maximum atomic E-state index is 5.67. The van der Waals surface area contributed by atoms with Crippen molar-refractivity contribution in [3.05, 3.63) is 48.0 Å². The minimum absolute atomic E-state index is 0.167. The summed E-state index contributed by atoms with van der Waals surface area (Å²) in [4.78, 5) is 4.57. The number of hydrogen-bond acceptors (Lipinski definition) is 4. The van der Waals surface area contributed by atoms with Gasteiger partial charge in [-0.3, -0.25) is 0 Å². The maximum absolute atomic E-state index is 5.67. The van der Waals surface area contributed by atoms with E-state index in [0.29, 0.717) is 6.61 Å². The molecule has 1 unspecified atom stereocenters. The largest absolute Gasteiger partial charge is 0.491 e. The Morgan fingerprint density at radius 1 is 1.15 bits per heavy atom. The molecule has 2 N–H and O–H groups in total. The molecule has 1 atom stereocenters. The molecule has 20 heavy (non-hydrogen) atoms. The molecule has 0 saturated carbocycles. The third-order valence-corrected chi connectivity index (χ3v) is 3.33. The molecule has 2 aromatic rings. The van der Waals surface area contributed by atoms with Crippen LogP contribution in [0.2, 0.25) is 0 Å². The molecule has 2 heterocycles. The molecule has 1 aliphatic rings. The van der Waals surface area contributed by atoms with Crippen molar-refractivity contribution in [3.8, 4) is 5.75 Å². The fourth-order valence-electron chi connectivity index (χ4n) is 2.33. The van der Waals surface area contributed by atoms with Crippen LogP contribution in [0.4, 0.5) is 11.6 Å². The fourth-order valence-corrected chi connectivity index (χ4v) is 2.33. The van der Waals surface area contributed by atoms with Gasteiger partial charge in [0.05, 0.1) is 6.04 Å². The van der Waals surface area contributed by atoms with Crippen LogP contribution < -0.4 is 15.4 Å². The van der Waals surface area contributed by atoms with Crippen LogP contribution in [0, 0.1) is 0 Å². The SMILES string of the molecule is CCCNc1cccc(NC2COc3ccccc32)n1. The molecule has 1 aliphatic heterocycles. The molecule has 3 rings (SSSR count). The van der Waals surface area contributed by atoms with E-state index >= 15 is 0 Å². The number of pyridine rings is 1. The molecule has 1 aromatic carbocycles. The number of anilines is 2. The van der Waals surface area contributed by atoms with E-state index in [-0.39, 0.29) is 6.04 Å². The van der Waals surface area contributed by atoms with Gasteiger partial charge in [0, 0.05) is 12.1 Å². The summed E-state index contributed by atoms with van der Waals surface area (Å²) < 4.78 is 5.67. The van der Waals surface area contributed by atoms with Gasteiger partial charge in [-0.1, -0.05) is 31.2 Å². The van der Waals surface area contributed by atoms with E-state index in [4.69, 9.17) is 4.74 Å². The lowest BCUT2D eigenvalue weighted by atomic mass is 10.1. The minimum Gasteiger partial charge on any atom is -0.491 e. The molecule has 4 nitrogen and oxygen atoms in total. The highest BCUT2D eigenvalue weighted by molar-refractivity contribution is 5.49. The normalized spacial score (nSPS) is 16.4. The van der Waals surface area contributed by atoms with Gasteiger partial charge in [0.15, 0.2) is 0 Å². The second-order valence-corrected chi connectivity index (χ2v) is 4.88. The van der Waals surface area contributed by atoms with Gasteiger partial charge >= 0.3 is 0 Å². The monoisotopic (exact) mass is 269 g/mol. The molecule has 0 aliphatic carbocycles. The highest BCUT2D eigenvalue weighted by Crippen LogP contribution is 2.33. The first-order chi connectivity index (χ1) is 9.86. The van der Waals surface area contributed by atoms with Gasteiger partial charge in [-0.2, -0.15) is 0 Å². The molecule has 1 aromatic heterocycles. The zero-order chi connectivity index (χ0) is 13.8. The van der Waals surface area contributed by atoms with Crippen LogP contribution in [0.3, 0.4) is 0 Å². The van der Waals surface area contributed by atoms with Gasteiger partial charge in [0.1, 0.15) is 24.0 Å². The average Bonchev–Trinajstić information content (AvgIpc) is 2.89. The molecule has 0 fully saturated rings. The standard InChI is InChI=1S/C16H19N3O/c1-2-10-17-15-8-5-9-16(19-15)18-13-11-20-14-7-4-3-6-12(13)14/h3-9,13H,2,10-11H2,1H3,(H2,17,18,19). The second kappa shape index (κ2) is 5.82. The summed E-state index contributed by atoms with van der Waals surface area (Å²) in [7, 11) is 0. The van der Waals surface area contributed by atoms with E-state index in [9.17, 15) is 0 Å². The molecule has 0 spiro atoms. The quantitative estimate of drug-likeness (QED) is 0.872. The lowest BCUT2D eigenvalue weighted by molar-refractivity contribution is 0.339. The Bertz CT molecular complexity index is 585. The van der Waals surface area contributed by atoms with Crippen molar-refractivity contribution < 1.29 is 4.74 Å². The van der Waals surface area contributed by atoms with Crippen LogP contribution in [0.15, 0.2) is 42.5 Å². The number of aromatic nitrogens is 1. The smallest absolute Gasteiger partial charge is 0.128 e.